The lowest BCUT2D eigenvalue weighted by atomic mass is 10.1. The highest BCUT2D eigenvalue weighted by Crippen LogP contribution is 2.63. The SMILES string of the molecule is CC(C)OP(=O)(OC(C)C)C(Nc1ccccc1)c1ccccc1C(F)(F)F. The first-order valence-electron chi connectivity index (χ1n) is 8.97. The summed E-state index contributed by atoms with van der Waals surface area (Å²) in [5, 5.41) is 2.95. The monoisotopic (exact) mass is 415 g/mol. The van der Waals surface area contributed by atoms with E-state index >= 15 is 0 Å². The van der Waals surface area contributed by atoms with Gasteiger partial charge in [0.15, 0.2) is 5.78 Å². The first kappa shape index (κ1) is 22.5. The highest BCUT2D eigenvalue weighted by Gasteiger charge is 2.44. The molecule has 1 atom stereocenters. The number of nitrogens with one attached hydrogen (secondary N) is 1. The average molecular weight is 415 g/mol. The molecule has 4 nitrogen and oxygen atoms in total. The second kappa shape index (κ2) is 9.12. The number of alkyl halides is 3. The minimum absolute atomic E-state index is 0.191. The molecule has 0 amide bonds. The Bertz CT molecular complexity index is 796. The minimum Gasteiger partial charge on any atom is -0.368 e. The van der Waals surface area contributed by atoms with Crippen LogP contribution >= 0.6 is 7.60 Å². The van der Waals surface area contributed by atoms with Crippen molar-refractivity contribution in [2.24, 2.45) is 0 Å². The van der Waals surface area contributed by atoms with Crippen molar-refractivity contribution in [1.29, 1.82) is 0 Å². The highest BCUT2D eigenvalue weighted by atomic mass is 31.2. The van der Waals surface area contributed by atoms with Gasteiger partial charge in [-0.15, -0.1) is 0 Å². The van der Waals surface area contributed by atoms with Crippen molar-refractivity contribution in [2.45, 2.75) is 51.9 Å². The standard InChI is InChI=1S/C20H25F3NO3P/c1-14(2)26-28(25,27-15(3)4)19(24-16-10-6-5-7-11-16)17-12-8-9-13-18(17)20(21,22)23/h5-15,19,24H,1-4H3. The van der Waals surface area contributed by atoms with Gasteiger partial charge < -0.3 is 14.4 Å². The van der Waals surface area contributed by atoms with Crippen LogP contribution in [0.3, 0.4) is 0 Å². The zero-order valence-corrected chi connectivity index (χ0v) is 17.1. The predicted molar refractivity (Wildman–Crippen MR) is 104 cm³/mol. The van der Waals surface area contributed by atoms with Gasteiger partial charge in [0.1, 0.15) is 0 Å². The van der Waals surface area contributed by atoms with E-state index in [9.17, 15) is 17.7 Å². The lowest BCUT2D eigenvalue weighted by Crippen LogP contribution is -2.22. The summed E-state index contributed by atoms with van der Waals surface area (Å²) in [4.78, 5) is 0. The maximum Gasteiger partial charge on any atom is 0.416 e. The molecule has 8 heteroatoms. The molecule has 2 aromatic carbocycles. The molecule has 0 fully saturated rings. The van der Waals surface area contributed by atoms with Gasteiger partial charge in [0.05, 0.1) is 17.8 Å². The van der Waals surface area contributed by atoms with Crippen molar-refractivity contribution < 1.29 is 26.8 Å². The van der Waals surface area contributed by atoms with Crippen LogP contribution in [-0.4, -0.2) is 12.2 Å². The number of halogens is 3. The number of anilines is 1. The van der Waals surface area contributed by atoms with Crippen molar-refractivity contribution >= 4 is 13.3 Å². The van der Waals surface area contributed by atoms with Crippen LogP contribution in [0.4, 0.5) is 18.9 Å². The maximum absolute atomic E-state index is 13.7. The molecule has 0 saturated heterocycles. The van der Waals surface area contributed by atoms with Gasteiger partial charge in [-0.3, -0.25) is 4.57 Å². The van der Waals surface area contributed by atoms with Crippen LogP contribution in [-0.2, 0) is 19.8 Å². The molecule has 0 radical (unpaired) electrons. The summed E-state index contributed by atoms with van der Waals surface area (Å²) in [7, 11) is -4.04. The fourth-order valence-corrected chi connectivity index (χ4v) is 5.09. The van der Waals surface area contributed by atoms with Gasteiger partial charge in [0.25, 0.3) is 0 Å². The lowest BCUT2D eigenvalue weighted by molar-refractivity contribution is -0.138. The Hall–Kier alpha value is -1.82. The summed E-state index contributed by atoms with van der Waals surface area (Å²) in [5.74, 6) is -1.34. The van der Waals surface area contributed by atoms with E-state index in [-0.39, 0.29) is 5.56 Å². The normalized spacial score (nSPS) is 13.8. The molecule has 0 heterocycles. The molecule has 0 aliphatic heterocycles. The molecule has 0 saturated carbocycles. The van der Waals surface area contributed by atoms with Crippen LogP contribution < -0.4 is 5.32 Å². The Labute approximate surface area is 163 Å². The quantitative estimate of drug-likeness (QED) is 0.479. The van der Waals surface area contributed by atoms with Gasteiger partial charge in [0.2, 0.25) is 0 Å². The zero-order valence-electron chi connectivity index (χ0n) is 16.2. The Morgan fingerprint density at radius 1 is 0.857 bits per heavy atom. The molecule has 0 bridgehead atoms. The molecule has 28 heavy (non-hydrogen) atoms. The van der Waals surface area contributed by atoms with Crippen LogP contribution in [0.15, 0.2) is 54.6 Å². The van der Waals surface area contributed by atoms with Gasteiger partial charge in [-0.1, -0.05) is 36.4 Å². The molecule has 2 aromatic rings. The topological polar surface area (TPSA) is 47.6 Å². The molecule has 1 N–H and O–H groups in total. The van der Waals surface area contributed by atoms with Crippen molar-refractivity contribution in [1.82, 2.24) is 0 Å². The molecule has 0 spiro atoms. The molecule has 0 aliphatic carbocycles. The average Bonchev–Trinajstić information content (AvgIpc) is 2.58. The van der Waals surface area contributed by atoms with E-state index in [4.69, 9.17) is 9.05 Å². The Morgan fingerprint density at radius 3 is 1.86 bits per heavy atom. The van der Waals surface area contributed by atoms with E-state index in [2.05, 4.69) is 5.32 Å². The van der Waals surface area contributed by atoms with Crippen LogP contribution in [0, 0.1) is 0 Å². The highest BCUT2D eigenvalue weighted by molar-refractivity contribution is 7.54. The predicted octanol–water partition coefficient (Wildman–Crippen LogP) is 6.86. The fourth-order valence-electron chi connectivity index (χ4n) is 2.75. The second-order valence-electron chi connectivity index (χ2n) is 6.85. The first-order chi connectivity index (χ1) is 13.0. The van der Waals surface area contributed by atoms with Crippen molar-refractivity contribution in [3.63, 3.8) is 0 Å². The second-order valence-corrected chi connectivity index (χ2v) is 8.86. The van der Waals surface area contributed by atoms with Crippen LogP contribution in [0.1, 0.15) is 44.6 Å². The van der Waals surface area contributed by atoms with E-state index in [1.54, 1.807) is 58.0 Å². The minimum atomic E-state index is -4.62. The fraction of sp³-hybridized carbons (Fsp3) is 0.400. The molecule has 154 valence electrons. The third-order valence-corrected chi connectivity index (χ3v) is 6.14. The molecular weight excluding hydrogens is 390 g/mol. The van der Waals surface area contributed by atoms with Gasteiger partial charge >= 0.3 is 13.8 Å². The van der Waals surface area contributed by atoms with Crippen molar-refractivity contribution in [3.8, 4) is 0 Å². The number of benzene rings is 2. The van der Waals surface area contributed by atoms with Gasteiger partial charge in [-0.05, 0) is 51.5 Å². The molecule has 2 rings (SSSR count). The summed E-state index contributed by atoms with van der Waals surface area (Å²) in [6, 6.07) is 13.6. The molecule has 0 aliphatic rings. The smallest absolute Gasteiger partial charge is 0.368 e. The Morgan fingerprint density at radius 2 is 1.36 bits per heavy atom. The third-order valence-electron chi connectivity index (χ3n) is 3.67. The largest absolute Gasteiger partial charge is 0.416 e. The van der Waals surface area contributed by atoms with Crippen LogP contribution in [0.25, 0.3) is 0 Å². The Kier molecular flexibility index (Phi) is 7.32. The molecular formula is C20H25F3NO3P. The van der Waals surface area contributed by atoms with Gasteiger partial charge in [-0.25, -0.2) is 0 Å². The van der Waals surface area contributed by atoms with Crippen LogP contribution in [0.5, 0.6) is 0 Å². The van der Waals surface area contributed by atoms with E-state index in [1.807, 2.05) is 0 Å². The lowest BCUT2D eigenvalue weighted by Gasteiger charge is -2.32. The summed E-state index contributed by atoms with van der Waals surface area (Å²) in [5.41, 5.74) is -0.573. The zero-order chi connectivity index (χ0) is 20.9. The summed E-state index contributed by atoms with van der Waals surface area (Å²) >= 11 is 0. The van der Waals surface area contributed by atoms with Crippen molar-refractivity contribution in [3.05, 3.63) is 65.7 Å². The number of hydrogen-bond donors (Lipinski definition) is 1. The Balaban J connectivity index is 2.64. The van der Waals surface area contributed by atoms with Crippen LogP contribution in [0.2, 0.25) is 0 Å². The van der Waals surface area contributed by atoms with E-state index in [0.717, 1.165) is 6.07 Å². The first-order valence-corrected chi connectivity index (χ1v) is 10.6. The summed E-state index contributed by atoms with van der Waals surface area (Å²) < 4.78 is 65.9. The number of para-hydroxylation sites is 1. The summed E-state index contributed by atoms with van der Waals surface area (Å²) in [6.45, 7) is 6.63. The molecule has 0 aromatic heterocycles. The number of hydrogen-bond acceptors (Lipinski definition) is 4. The molecule has 1 unspecified atom stereocenters. The summed E-state index contributed by atoms with van der Waals surface area (Å²) in [6.07, 6.45) is -5.64. The van der Waals surface area contributed by atoms with E-state index in [0.29, 0.717) is 5.69 Å². The van der Waals surface area contributed by atoms with E-state index < -0.39 is 37.3 Å². The van der Waals surface area contributed by atoms with Gasteiger partial charge in [0, 0.05) is 5.69 Å². The van der Waals surface area contributed by atoms with Crippen molar-refractivity contribution in [2.75, 3.05) is 5.32 Å². The number of rotatable bonds is 8. The maximum atomic E-state index is 13.7. The van der Waals surface area contributed by atoms with E-state index in [1.165, 1.54) is 18.2 Å². The van der Waals surface area contributed by atoms with Gasteiger partial charge in [-0.2, -0.15) is 13.2 Å². The third kappa shape index (κ3) is 5.84.